The first kappa shape index (κ1) is 10.4. The van der Waals surface area contributed by atoms with Gasteiger partial charge in [-0.05, 0) is 12.1 Å². The summed E-state index contributed by atoms with van der Waals surface area (Å²) in [6.07, 6.45) is 1.69. The van der Waals surface area contributed by atoms with Crippen molar-refractivity contribution >= 4 is 12.0 Å². The zero-order chi connectivity index (χ0) is 10.6. The average Bonchev–Trinajstić information content (AvgIpc) is 2.16. The lowest BCUT2D eigenvalue weighted by Gasteiger charge is -2.05. The molecular formula is C10H14N2O2. The maximum Gasteiger partial charge on any atom is 0.162 e. The Morgan fingerprint density at radius 2 is 2.14 bits per heavy atom. The molecule has 0 saturated carbocycles. The van der Waals surface area contributed by atoms with Gasteiger partial charge in [0.2, 0.25) is 0 Å². The first-order valence-electron chi connectivity index (χ1n) is 4.21. The van der Waals surface area contributed by atoms with Gasteiger partial charge in [-0.15, -0.1) is 0 Å². The van der Waals surface area contributed by atoms with Crippen molar-refractivity contribution in [3.63, 3.8) is 0 Å². The number of ether oxygens (including phenoxy) is 1. The van der Waals surface area contributed by atoms with Gasteiger partial charge in [0.05, 0.1) is 19.1 Å². The third-order valence-corrected chi connectivity index (χ3v) is 1.60. The number of aromatic hydroxyl groups is 1. The third kappa shape index (κ3) is 2.65. The summed E-state index contributed by atoms with van der Waals surface area (Å²) in [5.41, 5.74) is 0.744. The lowest BCUT2D eigenvalue weighted by molar-refractivity contribution is 0.373. The fraction of sp³-hybridized carbons (Fsp3) is 0.300. The Hall–Kier alpha value is -1.71. The standard InChI is InChI=1S/C10H14N2O2/c1-12(2)7-11-8-4-5-9(13)10(6-8)14-3/h4-7,13H,1-3H3. The molecule has 0 fully saturated rings. The second-order valence-corrected chi connectivity index (χ2v) is 3.06. The normalized spacial score (nSPS) is 10.5. The molecule has 0 aliphatic heterocycles. The average molecular weight is 194 g/mol. The van der Waals surface area contributed by atoms with E-state index in [4.69, 9.17) is 4.74 Å². The number of methoxy groups -OCH3 is 1. The van der Waals surface area contributed by atoms with Crippen molar-refractivity contribution in [2.45, 2.75) is 0 Å². The van der Waals surface area contributed by atoms with E-state index < -0.39 is 0 Å². The van der Waals surface area contributed by atoms with Crippen molar-refractivity contribution in [1.82, 2.24) is 4.90 Å². The van der Waals surface area contributed by atoms with Crippen molar-refractivity contribution in [3.05, 3.63) is 18.2 Å². The summed E-state index contributed by atoms with van der Waals surface area (Å²) >= 11 is 0. The van der Waals surface area contributed by atoms with Crippen LogP contribution < -0.4 is 4.74 Å². The Morgan fingerprint density at radius 1 is 1.43 bits per heavy atom. The number of aliphatic imine (C=N–C) groups is 1. The molecule has 0 heterocycles. The maximum absolute atomic E-state index is 9.33. The van der Waals surface area contributed by atoms with Crippen LogP contribution in [0.4, 0.5) is 5.69 Å². The molecule has 1 aromatic rings. The Balaban J connectivity index is 2.89. The molecule has 1 rings (SSSR count). The predicted molar refractivity (Wildman–Crippen MR) is 56.5 cm³/mol. The van der Waals surface area contributed by atoms with E-state index in [2.05, 4.69) is 4.99 Å². The molecule has 1 aromatic carbocycles. The highest BCUT2D eigenvalue weighted by atomic mass is 16.5. The van der Waals surface area contributed by atoms with E-state index in [9.17, 15) is 5.11 Å². The van der Waals surface area contributed by atoms with Crippen LogP contribution in [0.5, 0.6) is 11.5 Å². The number of rotatable bonds is 3. The van der Waals surface area contributed by atoms with Gasteiger partial charge in [-0.2, -0.15) is 0 Å². The minimum Gasteiger partial charge on any atom is -0.504 e. The van der Waals surface area contributed by atoms with E-state index in [0.717, 1.165) is 5.69 Å². The van der Waals surface area contributed by atoms with Crippen LogP contribution in [0.1, 0.15) is 0 Å². The highest BCUT2D eigenvalue weighted by molar-refractivity contribution is 5.62. The van der Waals surface area contributed by atoms with Gasteiger partial charge in [0, 0.05) is 20.2 Å². The topological polar surface area (TPSA) is 45.1 Å². The molecule has 0 aliphatic carbocycles. The van der Waals surface area contributed by atoms with Crippen LogP contribution in [0.25, 0.3) is 0 Å². The van der Waals surface area contributed by atoms with Gasteiger partial charge < -0.3 is 14.7 Å². The molecule has 4 heteroatoms. The molecule has 14 heavy (non-hydrogen) atoms. The van der Waals surface area contributed by atoms with E-state index in [1.54, 1.807) is 24.5 Å². The van der Waals surface area contributed by atoms with E-state index in [1.807, 2.05) is 19.0 Å². The van der Waals surface area contributed by atoms with Gasteiger partial charge >= 0.3 is 0 Å². The van der Waals surface area contributed by atoms with Gasteiger partial charge in [0.25, 0.3) is 0 Å². The number of hydrogen-bond donors (Lipinski definition) is 1. The summed E-state index contributed by atoms with van der Waals surface area (Å²) in [5.74, 6) is 0.551. The maximum atomic E-state index is 9.33. The number of benzene rings is 1. The highest BCUT2D eigenvalue weighted by Crippen LogP contribution is 2.29. The first-order valence-corrected chi connectivity index (χ1v) is 4.21. The largest absolute Gasteiger partial charge is 0.504 e. The molecule has 4 nitrogen and oxygen atoms in total. The van der Waals surface area contributed by atoms with Crippen LogP contribution >= 0.6 is 0 Å². The molecule has 1 N–H and O–H groups in total. The van der Waals surface area contributed by atoms with Crippen molar-refractivity contribution in [1.29, 1.82) is 0 Å². The van der Waals surface area contributed by atoms with E-state index in [-0.39, 0.29) is 5.75 Å². The fourth-order valence-corrected chi connectivity index (χ4v) is 0.929. The molecule has 0 atom stereocenters. The molecular weight excluding hydrogens is 180 g/mol. The molecule has 0 bridgehead atoms. The number of hydrogen-bond acceptors (Lipinski definition) is 3. The smallest absolute Gasteiger partial charge is 0.162 e. The van der Waals surface area contributed by atoms with Crippen LogP contribution in [0.2, 0.25) is 0 Å². The van der Waals surface area contributed by atoms with Crippen LogP contribution in [-0.4, -0.2) is 37.6 Å². The van der Waals surface area contributed by atoms with Crippen LogP contribution in [0, 0.1) is 0 Å². The second-order valence-electron chi connectivity index (χ2n) is 3.06. The van der Waals surface area contributed by atoms with Crippen molar-refractivity contribution in [2.24, 2.45) is 4.99 Å². The van der Waals surface area contributed by atoms with Gasteiger partial charge in [-0.25, -0.2) is 4.99 Å². The number of phenolic OH excluding ortho intramolecular Hbond substituents is 1. The summed E-state index contributed by atoms with van der Waals surface area (Å²) in [5, 5.41) is 9.33. The lowest BCUT2D eigenvalue weighted by atomic mass is 10.3. The Kier molecular flexibility index (Phi) is 3.34. The summed E-state index contributed by atoms with van der Waals surface area (Å²) in [7, 11) is 5.29. The van der Waals surface area contributed by atoms with Crippen LogP contribution in [0.15, 0.2) is 23.2 Å². The Labute approximate surface area is 83.5 Å². The van der Waals surface area contributed by atoms with Crippen LogP contribution in [0.3, 0.4) is 0 Å². The van der Waals surface area contributed by atoms with E-state index in [1.165, 1.54) is 7.11 Å². The van der Waals surface area contributed by atoms with Crippen molar-refractivity contribution in [3.8, 4) is 11.5 Å². The Morgan fingerprint density at radius 3 is 2.71 bits per heavy atom. The fourth-order valence-electron chi connectivity index (χ4n) is 0.929. The number of phenols is 1. The third-order valence-electron chi connectivity index (χ3n) is 1.60. The summed E-state index contributed by atoms with van der Waals surface area (Å²) in [4.78, 5) is 6.00. The van der Waals surface area contributed by atoms with Gasteiger partial charge in [-0.3, -0.25) is 0 Å². The van der Waals surface area contributed by atoms with Crippen molar-refractivity contribution < 1.29 is 9.84 Å². The predicted octanol–water partition coefficient (Wildman–Crippen LogP) is 1.62. The lowest BCUT2D eigenvalue weighted by Crippen LogP contribution is -2.06. The second kappa shape index (κ2) is 4.50. The summed E-state index contributed by atoms with van der Waals surface area (Å²) in [6, 6.07) is 4.95. The Bertz CT molecular complexity index is 335. The molecule has 0 amide bonds. The number of nitrogens with zero attached hydrogens (tertiary/aromatic N) is 2. The van der Waals surface area contributed by atoms with E-state index in [0.29, 0.717) is 5.75 Å². The molecule has 0 aliphatic rings. The van der Waals surface area contributed by atoms with E-state index >= 15 is 0 Å². The zero-order valence-electron chi connectivity index (χ0n) is 8.56. The summed E-state index contributed by atoms with van der Waals surface area (Å²) < 4.78 is 4.95. The molecule has 0 spiro atoms. The van der Waals surface area contributed by atoms with Gasteiger partial charge in [0.15, 0.2) is 11.5 Å². The monoisotopic (exact) mass is 194 g/mol. The van der Waals surface area contributed by atoms with Gasteiger partial charge in [-0.1, -0.05) is 0 Å². The first-order chi connectivity index (χ1) is 6.63. The zero-order valence-corrected chi connectivity index (χ0v) is 8.56. The van der Waals surface area contributed by atoms with Crippen molar-refractivity contribution in [2.75, 3.05) is 21.2 Å². The summed E-state index contributed by atoms with van der Waals surface area (Å²) in [6.45, 7) is 0. The molecule has 0 radical (unpaired) electrons. The van der Waals surface area contributed by atoms with Crippen LogP contribution in [-0.2, 0) is 0 Å². The van der Waals surface area contributed by atoms with Gasteiger partial charge in [0.1, 0.15) is 0 Å². The molecule has 76 valence electrons. The quantitative estimate of drug-likeness (QED) is 0.587. The highest BCUT2D eigenvalue weighted by Gasteiger charge is 2.00. The molecule has 0 unspecified atom stereocenters. The molecule has 0 aromatic heterocycles. The minimum absolute atomic E-state index is 0.122. The minimum atomic E-state index is 0.122. The molecule has 0 saturated heterocycles. The SMILES string of the molecule is COc1cc(N=CN(C)C)ccc1O.